The molecule has 2 aromatic rings. The van der Waals surface area contributed by atoms with Gasteiger partial charge in [0.1, 0.15) is 0 Å². The normalized spacial score (nSPS) is 15.3. The SMILES string of the molecule is Cc1[nH]ncc1C(=O)Nc1ccc(CN2CCCC2)cc1. The Kier molecular flexibility index (Phi) is 4.01. The zero-order valence-electron chi connectivity index (χ0n) is 12.2. The summed E-state index contributed by atoms with van der Waals surface area (Å²) in [5, 5.41) is 9.53. The molecule has 0 bridgehead atoms. The minimum atomic E-state index is -0.131. The summed E-state index contributed by atoms with van der Waals surface area (Å²) in [5.74, 6) is -0.131. The maximum atomic E-state index is 12.1. The first-order chi connectivity index (χ1) is 10.2. The number of aryl methyl sites for hydroxylation is 1. The quantitative estimate of drug-likeness (QED) is 0.907. The fourth-order valence-electron chi connectivity index (χ4n) is 2.67. The van der Waals surface area contributed by atoms with Gasteiger partial charge in [-0.15, -0.1) is 0 Å². The Bertz CT molecular complexity index is 611. The molecule has 2 heterocycles. The van der Waals surface area contributed by atoms with Crippen molar-refractivity contribution in [2.75, 3.05) is 18.4 Å². The monoisotopic (exact) mass is 284 g/mol. The first-order valence-corrected chi connectivity index (χ1v) is 7.35. The van der Waals surface area contributed by atoms with Gasteiger partial charge < -0.3 is 5.32 Å². The van der Waals surface area contributed by atoms with Gasteiger partial charge in [0.05, 0.1) is 11.8 Å². The molecule has 1 aromatic carbocycles. The van der Waals surface area contributed by atoms with Gasteiger partial charge in [-0.3, -0.25) is 14.8 Å². The van der Waals surface area contributed by atoms with Crippen LogP contribution in [0, 0.1) is 6.92 Å². The summed E-state index contributed by atoms with van der Waals surface area (Å²) in [6.45, 7) is 5.21. The number of carbonyl (C=O) groups is 1. The van der Waals surface area contributed by atoms with Crippen molar-refractivity contribution >= 4 is 11.6 Å². The number of carbonyl (C=O) groups excluding carboxylic acids is 1. The van der Waals surface area contributed by atoms with Crippen LogP contribution in [0.3, 0.4) is 0 Å². The number of benzene rings is 1. The van der Waals surface area contributed by atoms with Crippen molar-refractivity contribution in [3.63, 3.8) is 0 Å². The van der Waals surface area contributed by atoms with Crippen LogP contribution in [0.15, 0.2) is 30.5 Å². The highest BCUT2D eigenvalue weighted by Crippen LogP contribution is 2.16. The van der Waals surface area contributed by atoms with Gasteiger partial charge in [-0.25, -0.2) is 0 Å². The van der Waals surface area contributed by atoms with E-state index in [2.05, 4.69) is 32.5 Å². The van der Waals surface area contributed by atoms with E-state index in [1.165, 1.54) is 31.5 Å². The second-order valence-electron chi connectivity index (χ2n) is 5.54. The standard InChI is InChI=1S/C16H20N4O/c1-12-15(10-17-19-12)16(21)18-14-6-4-13(5-7-14)11-20-8-2-3-9-20/h4-7,10H,2-3,8-9,11H2,1H3,(H,17,19)(H,18,21). The van der Waals surface area contributed by atoms with Gasteiger partial charge in [0.15, 0.2) is 0 Å². The molecule has 1 saturated heterocycles. The van der Waals surface area contributed by atoms with E-state index in [9.17, 15) is 4.79 Å². The summed E-state index contributed by atoms with van der Waals surface area (Å²) in [6.07, 6.45) is 4.16. The third-order valence-corrected chi connectivity index (χ3v) is 3.89. The van der Waals surface area contributed by atoms with Gasteiger partial charge in [-0.1, -0.05) is 12.1 Å². The molecule has 21 heavy (non-hydrogen) atoms. The molecular formula is C16H20N4O. The fourth-order valence-corrected chi connectivity index (χ4v) is 2.67. The van der Waals surface area contributed by atoms with Crippen molar-refractivity contribution in [3.05, 3.63) is 47.3 Å². The number of hydrogen-bond acceptors (Lipinski definition) is 3. The largest absolute Gasteiger partial charge is 0.322 e. The summed E-state index contributed by atoms with van der Waals surface area (Å²) in [6, 6.07) is 8.07. The number of aromatic amines is 1. The van der Waals surface area contributed by atoms with E-state index in [4.69, 9.17) is 0 Å². The molecule has 5 nitrogen and oxygen atoms in total. The highest BCUT2D eigenvalue weighted by molar-refractivity contribution is 6.04. The van der Waals surface area contributed by atoms with Gasteiger partial charge >= 0.3 is 0 Å². The van der Waals surface area contributed by atoms with Crippen LogP contribution in [0.1, 0.15) is 34.5 Å². The van der Waals surface area contributed by atoms with Crippen LogP contribution in [-0.2, 0) is 6.54 Å². The summed E-state index contributed by atoms with van der Waals surface area (Å²) in [4.78, 5) is 14.5. The molecule has 1 amide bonds. The van der Waals surface area contributed by atoms with Crippen LogP contribution in [-0.4, -0.2) is 34.1 Å². The molecule has 1 aliphatic rings. The van der Waals surface area contributed by atoms with Crippen molar-refractivity contribution in [1.29, 1.82) is 0 Å². The maximum absolute atomic E-state index is 12.1. The Morgan fingerprint density at radius 3 is 2.62 bits per heavy atom. The van der Waals surface area contributed by atoms with E-state index in [1.54, 1.807) is 6.20 Å². The number of likely N-dealkylation sites (tertiary alicyclic amines) is 1. The van der Waals surface area contributed by atoms with Crippen molar-refractivity contribution in [2.45, 2.75) is 26.3 Å². The second kappa shape index (κ2) is 6.10. The van der Waals surface area contributed by atoms with Gasteiger partial charge in [-0.2, -0.15) is 5.10 Å². The molecule has 1 aromatic heterocycles. The zero-order chi connectivity index (χ0) is 14.7. The van der Waals surface area contributed by atoms with Crippen molar-refractivity contribution in [1.82, 2.24) is 15.1 Å². The van der Waals surface area contributed by atoms with Gasteiger partial charge in [-0.05, 0) is 50.6 Å². The van der Waals surface area contributed by atoms with Crippen LogP contribution in [0.5, 0.6) is 0 Å². The minimum Gasteiger partial charge on any atom is -0.322 e. The summed E-state index contributed by atoms with van der Waals surface area (Å²) >= 11 is 0. The third-order valence-electron chi connectivity index (χ3n) is 3.89. The highest BCUT2D eigenvalue weighted by atomic mass is 16.1. The topological polar surface area (TPSA) is 61.0 Å². The lowest BCUT2D eigenvalue weighted by Crippen LogP contribution is -2.18. The lowest BCUT2D eigenvalue weighted by Gasteiger charge is -2.14. The van der Waals surface area contributed by atoms with E-state index in [-0.39, 0.29) is 5.91 Å². The van der Waals surface area contributed by atoms with Crippen LogP contribution in [0.4, 0.5) is 5.69 Å². The number of nitrogens with zero attached hydrogens (tertiary/aromatic N) is 2. The minimum absolute atomic E-state index is 0.131. The Morgan fingerprint density at radius 1 is 1.29 bits per heavy atom. The van der Waals surface area contributed by atoms with Gasteiger partial charge in [0, 0.05) is 17.9 Å². The molecular weight excluding hydrogens is 264 g/mol. The summed E-state index contributed by atoms with van der Waals surface area (Å²) in [5.41, 5.74) is 3.45. The van der Waals surface area contributed by atoms with Gasteiger partial charge in [0.2, 0.25) is 0 Å². The smallest absolute Gasteiger partial charge is 0.259 e. The third kappa shape index (κ3) is 3.31. The number of rotatable bonds is 4. The Morgan fingerprint density at radius 2 is 2.00 bits per heavy atom. The molecule has 0 saturated carbocycles. The van der Waals surface area contributed by atoms with E-state index in [1.807, 2.05) is 19.1 Å². The lowest BCUT2D eigenvalue weighted by molar-refractivity contribution is 0.102. The van der Waals surface area contributed by atoms with E-state index in [0.29, 0.717) is 5.56 Å². The molecule has 5 heteroatoms. The molecule has 3 rings (SSSR count). The molecule has 0 radical (unpaired) electrons. The van der Waals surface area contributed by atoms with E-state index >= 15 is 0 Å². The van der Waals surface area contributed by atoms with Crippen LogP contribution in [0.25, 0.3) is 0 Å². The second-order valence-corrected chi connectivity index (χ2v) is 5.54. The number of hydrogen-bond donors (Lipinski definition) is 2. The molecule has 0 atom stereocenters. The molecule has 2 N–H and O–H groups in total. The van der Waals surface area contributed by atoms with Crippen molar-refractivity contribution < 1.29 is 4.79 Å². The predicted octanol–water partition coefficient (Wildman–Crippen LogP) is 2.57. The van der Waals surface area contributed by atoms with E-state index < -0.39 is 0 Å². The average Bonchev–Trinajstić information content (AvgIpc) is 3.12. The average molecular weight is 284 g/mol. The maximum Gasteiger partial charge on any atom is 0.259 e. The summed E-state index contributed by atoms with van der Waals surface area (Å²) in [7, 11) is 0. The van der Waals surface area contributed by atoms with Crippen LogP contribution in [0.2, 0.25) is 0 Å². The summed E-state index contributed by atoms with van der Waals surface area (Å²) < 4.78 is 0. The zero-order valence-corrected chi connectivity index (χ0v) is 12.2. The number of nitrogens with one attached hydrogen (secondary N) is 2. The Hall–Kier alpha value is -2.14. The Labute approximate surface area is 124 Å². The fraction of sp³-hybridized carbons (Fsp3) is 0.375. The van der Waals surface area contributed by atoms with E-state index in [0.717, 1.165) is 17.9 Å². The van der Waals surface area contributed by atoms with Gasteiger partial charge in [0.25, 0.3) is 5.91 Å². The molecule has 0 aliphatic carbocycles. The lowest BCUT2D eigenvalue weighted by atomic mass is 10.2. The number of aromatic nitrogens is 2. The molecule has 110 valence electrons. The number of amides is 1. The molecule has 1 fully saturated rings. The number of H-pyrrole nitrogens is 1. The molecule has 0 spiro atoms. The van der Waals surface area contributed by atoms with Crippen molar-refractivity contribution in [2.24, 2.45) is 0 Å². The number of anilines is 1. The predicted molar refractivity (Wildman–Crippen MR) is 82.2 cm³/mol. The first-order valence-electron chi connectivity index (χ1n) is 7.35. The highest BCUT2D eigenvalue weighted by Gasteiger charge is 2.13. The molecule has 0 unspecified atom stereocenters. The van der Waals surface area contributed by atoms with Crippen LogP contribution >= 0.6 is 0 Å². The van der Waals surface area contributed by atoms with Crippen molar-refractivity contribution in [3.8, 4) is 0 Å². The Balaban J connectivity index is 1.61. The molecule has 1 aliphatic heterocycles. The first kappa shape index (κ1) is 13.8. The van der Waals surface area contributed by atoms with Crippen LogP contribution < -0.4 is 5.32 Å².